The van der Waals surface area contributed by atoms with Crippen LogP contribution in [-0.4, -0.2) is 58.9 Å². The van der Waals surface area contributed by atoms with Crippen LogP contribution in [0.3, 0.4) is 0 Å². The summed E-state index contributed by atoms with van der Waals surface area (Å²) in [4.78, 5) is 26.6. The molecule has 35 heavy (non-hydrogen) atoms. The second-order valence-electron chi connectivity index (χ2n) is 8.98. The van der Waals surface area contributed by atoms with Gasteiger partial charge >= 0.3 is 0 Å². The first-order valence-corrected chi connectivity index (χ1v) is 11.4. The number of ether oxygens (including phenoxy) is 4. The van der Waals surface area contributed by atoms with Crippen LogP contribution in [0.25, 0.3) is 0 Å². The summed E-state index contributed by atoms with van der Waals surface area (Å²) in [6.45, 7) is 6.17. The maximum Gasteiger partial charge on any atom is 0.270 e. The molecule has 1 atom stereocenters. The largest absolute Gasteiger partial charge is 0.467 e. The first kappa shape index (κ1) is 23.4. The lowest BCUT2D eigenvalue weighted by molar-refractivity contribution is -0.385. The Balaban J connectivity index is 1.31. The minimum atomic E-state index is -0.397. The van der Waals surface area contributed by atoms with Crippen molar-refractivity contribution in [3.05, 3.63) is 66.7 Å². The fourth-order valence-electron chi connectivity index (χ4n) is 4.92. The van der Waals surface area contributed by atoms with Crippen molar-refractivity contribution in [3.8, 4) is 11.5 Å². The summed E-state index contributed by atoms with van der Waals surface area (Å²) >= 11 is 0. The highest BCUT2D eigenvalue weighted by molar-refractivity contribution is 5.51. The third-order valence-corrected chi connectivity index (χ3v) is 6.58. The average molecular weight is 486 g/mol. The molecular weight excluding hydrogens is 460 g/mol. The van der Waals surface area contributed by atoms with Gasteiger partial charge in [-0.05, 0) is 6.92 Å². The molecule has 3 aliphatic heterocycles. The Labute approximate surface area is 201 Å². The van der Waals surface area contributed by atoms with Crippen molar-refractivity contribution in [2.45, 2.75) is 39.3 Å². The van der Waals surface area contributed by atoms with Crippen LogP contribution in [-0.2, 0) is 35.8 Å². The van der Waals surface area contributed by atoms with Gasteiger partial charge in [0.2, 0.25) is 0 Å². The molecule has 1 saturated heterocycles. The van der Waals surface area contributed by atoms with Gasteiger partial charge in [0, 0.05) is 85.3 Å². The van der Waals surface area contributed by atoms with Crippen LogP contribution in [0.4, 0.5) is 11.4 Å². The molecule has 0 N–H and O–H groups in total. The highest BCUT2D eigenvalue weighted by atomic mass is 16.7. The number of rotatable bonds is 6. The molecule has 0 bridgehead atoms. The number of nitro groups is 2. The predicted octanol–water partition coefficient (Wildman–Crippen LogP) is 2.94. The third kappa shape index (κ3) is 4.91. The van der Waals surface area contributed by atoms with Gasteiger partial charge in [0.15, 0.2) is 13.6 Å². The number of piperazine rings is 1. The van der Waals surface area contributed by atoms with E-state index in [1.165, 1.54) is 12.1 Å². The number of non-ortho nitro benzene ring substituents is 2. The van der Waals surface area contributed by atoms with Crippen LogP contribution in [0.1, 0.15) is 29.2 Å². The van der Waals surface area contributed by atoms with Gasteiger partial charge in [-0.2, -0.15) is 0 Å². The number of hydrogen-bond donors (Lipinski definition) is 0. The van der Waals surface area contributed by atoms with E-state index in [4.69, 9.17) is 18.9 Å². The van der Waals surface area contributed by atoms with Crippen molar-refractivity contribution in [3.63, 3.8) is 0 Å². The quantitative estimate of drug-likeness (QED) is 0.444. The van der Waals surface area contributed by atoms with Crippen LogP contribution >= 0.6 is 0 Å². The van der Waals surface area contributed by atoms with Gasteiger partial charge in [-0.1, -0.05) is 0 Å². The molecule has 0 saturated carbocycles. The zero-order valence-electron chi connectivity index (χ0n) is 19.3. The Kier molecular flexibility index (Phi) is 6.52. The van der Waals surface area contributed by atoms with Crippen molar-refractivity contribution in [1.29, 1.82) is 0 Å². The topological polar surface area (TPSA) is 130 Å². The summed E-state index contributed by atoms with van der Waals surface area (Å²) in [5, 5.41) is 22.8. The minimum Gasteiger partial charge on any atom is -0.467 e. The zero-order chi connectivity index (χ0) is 24.5. The van der Waals surface area contributed by atoms with Gasteiger partial charge in [0.05, 0.1) is 23.1 Å². The Hall–Kier alpha value is -3.32. The lowest BCUT2D eigenvalue weighted by Crippen LogP contribution is -2.51. The summed E-state index contributed by atoms with van der Waals surface area (Å²) in [5.74, 6) is 1.33. The number of fused-ring (bicyclic) bond motifs is 2. The molecule has 3 aliphatic rings. The monoisotopic (exact) mass is 486 g/mol. The number of nitro benzene ring substituents is 2. The summed E-state index contributed by atoms with van der Waals surface area (Å²) in [6.07, 6.45) is 0. The van der Waals surface area contributed by atoms with Crippen molar-refractivity contribution in [1.82, 2.24) is 9.80 Å². The summed E-state index contributed by atoms with van der Waals surface area (Å²) in [5.41, 5.74) is 2.98. The third-order valence-electron chi connectivity index (χ3n) is 6.58. The second kappa shape index (κ2) is 9.74. The fraction of sp³-hybridized carbons (Fsp3) is 0.478. The van der Waals surface area contributed by atoms with Crippen molar-refractivity contribution in [2.24, 2.45) is 0 Å². The van der Waals surface area contributed by atoms with E-state index in [1.54, 1.807) is 12.1 Å². The van der Waals surface area contributed by atoms with Crippen molar-refractivity contribution >= 4 is 11.4 Å². The summed E-state index contributed by atoms with van der Waals surface area (Å²) in [6, 6.07) is 6.32. The van der Waals surface area contributed by atoms with E-state index in [9.17, 15) is 20.2 Å². The molecule has 1 unspecified atom stereocenters. The molecule has 1 fully saturated rings. The van der Waals surface area contributed by atoms with Gasteiger partial charge in [-0.3, -0.25) is 30.0 Å². The van der Waals surface area contributed by atoms with Crippen LogP contribution in [0.5, 0.6) is 11.5 Å². The maximum atomic E-state index is 11.4. The SMILES string of the molecule is CC1CN(Cc2cc([N+](=O)[O-])cc3c2OCOC3)CCN1Cc1cc([N+](=O)[O-])cc2c1OCOC2. The zero-order valence-corrected chi connectivity index (χ0v) is 19.3. The van der Waals surface area contributed by atoms with E-state index in [0.29, 0.717) is 35.7 Å². The van der Waals surface area contributed by atoms with Gasteiger partial charge in [0.25, 0.3) is 11.4 Å². The molecule has 3 heterocycles. The highest BCUT2D eigenvalue weighted by Crippen LogP contribution is 2.35. The molecule has 12 heteroatoms. The average Bonchev–Trinajstić information content (AvgIpc) is 2.85. The summed E-state index contributed by atoms with van der Waals surface area (Å²) in [7, 11) is 0. The molecule has 5 rings (SSSR count). The molecule has 2 aromatic carbocycles. The number of benzene rings is 2. The van der Waals surface area contributed by atoms with Gasteiger partial charge < -0.3 is 18.9 Å². The van der Waals surface area contributed by atoms with Crippen LogP contribution in [0, 0.1) is 20.2 Å². The van der Waals surface area contributed by atoms with Gasteiger partial charge in [0.1, 0.15) is 11.5 Å². The predicted molar refractivity (Wildman–Crippen MR) is 122 cm³/mol. The molecule has 0 aromatic heterocycles. The fourth-order valence-corrected chi connectivity index (χ4v) is 4.92. The molecule has 186 valence electrons. The minimum absolute atomic E-state index is 0.0264. The Morgan fingerprint density at radius 1 is 0.857 bits per heavy atom. The highest BCUT2D eigenvalue weighted by Gasteiger charge is 2.29. The number of hydrogen-bond acceptors (Lipinski definition) is 10. The van der Waals surface area contributed by atoms with E-state index < -0.39 is 9.85 Å². The molecule has 2 aromatic rings. The second-order valence-corrected chi connectivity index (χ2v) is 8.98. The maximum absolute atomic E-state index is 11.4. The molecule has 0 radical (unpaired) electrons. The first-order chi connectivity index (χ1) is 16.9. The number of nitrogens with zero attached hydrogens (tertiary/aromatic N) is 4. The Bertz CT molecular complexity index is 1160. The van der Waals surface area contributed by atoms with Gasteiger partial charge in [-0.15, -0.1) is 0 Å². The molecule has 12 nitrogen and oxygen atoms in total. The van der Waals surface area contributed by atoms with E-state index in [-0.39, 0.29) is 44.2 Å². The molecule has 0 amide bonds. The first-order valence-electron chi connectivity index (χ1n) is 11.4. The standard InChI is InChI=1S/C23H26N4O8/c1-15-8-24(9-16-4-20(26(28)29)6-18-11-32-13-34-22(16)18)2-3-25(15)10-17-5-21(27(30)31)7-19-12-33-14-35-23(17)19/h4-7,15H,2-3,8-14H2,1H3. The molecular formula is C23H26N4O8. The van der Waals surface area contributed by atoms with E-state index >= 15 is 0 Å². The van der Waals surface area contributed by atoms with Gasteiger partial charge in [-0.25, -0.2) is 0 Å². The lowest BCUT2D eigenvalue weighted by Gasteiger charge is -2.40. The van der Waals surface area contributed by atoms with Crippen LogP contribution < -0.4 is 9.47 Å². The molecule has 0 aliphatic carbocycles. The van der Waals surface area contributed by atoms with E-state index in [2.05, 4.69) is 16.7 Å². The van der Waals surface area contributed by atoms with Crippen molar-refractivity contribution < 1.29 is 28.8 Å². The van der Waals surface area contributed by atoms with Crippen LogP contribution in [0.15, 0.2) is 24.3 Å². The normalized spacial score (nSPS) is 20.3. The van der Waals surface area contributed by atoms with Crippen LogP contribution in [0.2, 0.25) is 0 Å². The van der Waals surface area contributed by atoms with Crippen molar-refractivity contribution in [2.75, 3.05) is 33.2 Å². The summed E-state index contributed by atoms with van der Waals surface area (Å²) < 4.78 is 22.0. The Morgan fingerprint density at radius 3 is 1.91 bits per heavy atom. The smallest absolute Gasteiger partial charge is 0.270 e. The lowest BCUT2D eigenvalue weighted by atomic mass is 10.0. The van der Waals surface area contributed by atoms with E-state index in [1.807, 2.05) is 0 Å². The Morgan fingerprint density at radius 2 is 1.40 bits per heavy atom. The van der Waals surface area contributed by atoms with E-state index in [0.717, 1.165) is 30.8 Å². The molecule has 0 spiro atoms.